The van der Waals surface area contributed by atoms with Crippen LogP contribution >= 0.6 is 0 Å². The van der Waals surface area contributed by atoms with Gasteiger partial charge in [0.1, 0.15) is 6.61 Å². The molecule has 1 atom stereocenters. The van der Waals surface area contributed by atoms with E-state index in [9.17, 15) is 4.79 Å². The molecule has 1 fully saturated rings. The first-order valence-corrected chi connectivity index (χ1v) is 7.25. The summed E-state index contributed by atoms with van der Waals surface area (Å²) in [5.74, 6) is 1.40. The van der Waals surface area contributed by atoms with Gasteiger partial charge in [0.25, 0.3) is 0 Å². The fourth-order valence-corrected chi connectivity index (χ4v) is 2.72. The Bertz CT molecular complexity index is 539. The third-order valence-electron chi connectivity index (χ3n) is 4.14. The zero-order valence-corrected chi connectivity index (χ0v) is 12.5. The molecule has 0 bridgehead atoms. The molecular weight excluding hydrogens is 270 g/mol. The minimum absolute atomic E-state index is 0.0524. The van der Waals surface area contributed by atoms with E-state index in [0.29, 0.717) is 32.8 Å². The molecule has 0 radical (unpaired) electrons. The van der Waals surface area contributed by atoms with Crippen LogP contribution in [-0.4, -0.2) is 39.4 Å². The highest BCUT2D eigenvalue weighted by molar-refractivity contribution is 5.79. The Morgan fingerprint density at radius 3 is 2.95 bits per heavy atom. The van der Waals surface area contributed by atoms with Crippen LogP contribution in [0.3, 0.4) is 0 Å². The van der Waals surface area contributed by atoms with Crippen molar-refractivity contribution in [2.24, 2.45) is 11.3 Å². The molecule has 0 saturated carbocycles. The third-order valence-corrected chi connectivity index (χ3v) is 4.14. The summed E-state index contributed by atoms with van der Waals surface area (Å²) >= 11 is 0. The molecule has 0 unspecified atom stereocenters. The van der Waals surface area contributed by atoms with Crippen LogP contribution in [0.25, 0.3) is 0 Å². The number of methoxy groups -OCH3 is 1. The second kappa shape index (κ2) is 5.56. The maximum Gasteiger partial charge on any atom is 0.226 e. The maximum absolute atomic E-state index is 12.3. The van der Waals surface area contributed by atoms with E-state index < -0.39 is 0 Å². The van der Waals surface area contributed by atoms with Crippen molar-refractivity contribution in [1.82, 2.24) is 5.32 Å². The number of benzene rings is 1. The molecule has 2 aliphatic rings. The van der Waals surface area contributed by atoms with Crippen molar-refractivity contribution in [3.63, 3.8) is 0 Å². The Labute approximate surface area is 124 Å². The first-order chi connectivity index (χ1) is 10.1. The smallest absolute Gasteiger partial charge is 0.226 e. The van der Waals surface area contributed by atoms with Gasteiger partial charge in [0.15, 0.2) is 11.5 Å². The normalized spacial score (nSPS) is 22.5. The van der Waals surface area contributed by atoms with Crippen molar-refractivity contribution in [2.45, 2.75) is 13.3 Å². The van der Waals surface area contributed by atoms with E-state index >= 15 is 0 Å². The van der Waals surface area contributed by atoms with Gasteiger partial charge in [0.05, 0.1) is 26.2 Å². The highest BCUT2D eigenvalue weighted by atomic mass is 16.5. The quantitative estimate of drug-likeness (QED) is 0.911. The monoisotopic (exact) mass is 291 g/mol. The molecule has 3 rings (SSSR count). The second-order valence-electron chi connectivity index (χ2n) is 6.18. The van der Waals surface area contributed by atoms with Gasteiger partial charge >= 0.3 is 0 Å². The number of ether oxygens (including phenoxy) is 3. The summed E-state index contributed by atoms with van der Waals surface area (Å²) in [7, 11) is 1.62. The molecular formula is C16H21NO4. The standard InChI is InChI=1S/C16H21NO4/c1-16(9-20-10-16)8-17-15(18)12-6-11-4-3-5-13(19-2)14(11)21-7-12/h3-5,12H,6-10H2,1-2H3,(H,17,18)/t12-/m1/s1. The molecule has 0 spiro atoms. The molecule has 114 valence electrons. The summed E-state index contributed by atoms with van der Waals surface area (Å²) in [4.78, 5) is 12.3. The van der Waals surface area contributed by atoms with Gasteiger partial charge in [-0.1, -0.05) is 19.1 Å². The number of carbonyl (C=O) groups excluding carboxylic acids is 1. The number of carbonyl (C=O) groups is 1. The molecule has 5 nitrogen and oxygen atoms in total. The lowest BCUT2D eigenvalue weighted by molar-refractivity contribution is -0.131. The van der Waals surface area contributed by atoms with Crippen molar-refractivity contribution in [2.75, 3.05) is 33.5 Å². The first-order valence-electron chi connectivity index (χ1n) is 7.25. The van der Waals surface area contributed by atoms with Crippen LogP contribution in [0.4, 0.5) is 0 Å². The van der Waals surface area contributed by atoms with Gasteiger partial charge in [-0.05, 0) is 18.1 Å². The molecule has 0 aromatic heterocycles. The zero-order valence-electron chi connectivity index (χ0n) is 12.5. The molecule has 1 amide bonds. The fourth-order valence-electron chi connectivity index (χ4n) is 2.72. The van der Waals surface area contributed by atoms with E-state index in [1.807, 2.05) is 18.2 Å². The van der Waals surface area contributed by atoms with Crippen LogP contribution in [-0.2, 0) is 16.0 Å². The third kappa shape index (κ3) is 2.83. The lowest BCUT2D eigenvalue weighted by Crippen LogP contribution is -2.50. The summed E-state index contributed by atoms with van der Waals surface area (Å²) in [5.41, 5.74) is 1.12. The number of para-hydroxylation sites is 1. The number of amides is 1. The Morgan fingerprint density at radius 1 is 1.48 bits per heavy atom. The number of fused-ring (bicyclic) bond motifs is 1. The predicted octanol–water partition coefficient (Wildman–Crippen LogP) is 1.40. The largest absolute Gasteiger partial charge is 0.493 e. The van der Waals surface area contributed by atoms with E-state index in [-0.39, 0.29) is 17.2 Å². The number of nitrogens with one attached hydrogen (secondary N) is 1. The van der Waals surface area contributed by atoms with Crippen LogP contribution in [0, 0.1) is 11.3 Å². The summed E-state index contributed by atoms with van der Waals surface area (Å²) in [6.07, 6.45) is 0.686. The van der Waals surface area contributed by atoms with E-state index in [1.54, 1.807) is 7.11 Å². The molecule has 21 heavy (non-hydrogen) atoms. The Balaban J connectivity index is 1.61. The van der Waals surface area contributed by atoms with E-state index in [0.717, 1.165) is 17.1 Å². The first kappa shape index (κ1) is 14.2. The number of hydrogen-bond donors (Lipinski definition) is 1. The van der Waals surface area contributed by atoms with Gasteiger partial charge < -0.3 is 19.5 Å². The molecule has 5 heteroatoms. The highest BCUT2D eigenvalue weighted by Gasteiger charge is 2.35. The maximum atomic E-state index is 12.3. The average Bonchev–Trinajstić information content (AvgIpc) is 2.49. The van der Waals surface area contributed by atoms with Crippen molar-refractivity contribution in [3.8, 4) is 11.5 Å². The number of rotatable bonds is 4. The lowest BCUT2D eigenvalue weighted by Gasteiger charge is -2.38. The Kier molecular flexibility index (Phi) is 3.76. The van der Waals surface area contributed by atoms with Gasteiger partial charge in [-0.25, -0.2) is 0 Å². The lowest BCUT2D eigenvalue weighted by atomic mass is 9.88. The van der Waals surface area contributed by atoms with Crippen LogP contribution in [0.15, 0.2) is 18.2 Å². The zero-order chi connectivity index (χ0) is 14.9. The van der Waals surface area contributed by atoms with Crippen molar-refractivity contribution in [1.29, 1.82) is 0 Å². The Hall–Kier alpha value is -1.75. The van der Waals surface area contributed by atoms with Crippen molar-refractivity contribution >= 4 is 5.91 Å². The second-order valence-corrected chi connectivity index (χ2v) is 6.18. The van der Waals surface area contributed by atoms with Crippen molar-refractivity contribution < 1.29 is 19.0 Å². The van der Waals surface area contributed by atoms with Crippen LogP contribution in [0.2, 0.25) is 0 Å². The van der Waals surface area contributed by atoms with Gasteiger partial charge in [-0.2, -0.15) is 0 Å². The molecule has 2 heterocycles. The molecule has 1 saturated heterocycles. The van der Waals surface area contributed by atoms with Crippen LogP contribution < -0.4 is 14.8 Å². The van der Waals surface area contributed by atoms with E-state index in [2.05, 4.69) is 12.2 Å². The van der Waals surface area contributed by atoms with E-state index in [1.165, 1.54) is 0 Å². The van der Waals surface area contributed by atoms with Gasteiger partial charge in [-0.15, -0.1) is 0 Å². The molecule has 1 aromatic rings. The Morgan fingerprint density at radius 2 is 2.29 bits per heavy atom. The van der Waals surface area contributed by atoms with Crippen LogP contribution in [0.5, 0.6) is 11.5 Å². The minimum Gasteiger partial charge on any atom is -0.493 e. The van der Waals surface area contributed by atoms with E-state index in [4.69, 9.17) is 14.2 Å². The van der Waals surface area contributed by atoms with Gasteiger partial charge in [0, 0.05) is 12.0 Å². The minimum atomic E-state index is -0.144. The fraction of sp³-hybridized carbons (Fsp3) is 0.562. The predicted molar refractivity (Wildman–Crippen MR) is 77.6 cm³/mol. The van der Waals surface area contributed by atoms with Gasteiger partial charge in [-0.3, -0.25) is 4.79 Å². The summed E-state index contributed by atoms with van der Waals surface area (Å²) in [5, 5.41) is 3.02. The summed E-state index contributed by atoms with van der Waals surface area (Å²) in [6.45, 7) is 4.61. The van der Waals surface area contributed by atoms with Crippen molar-refractivity contribution in [3.05, 3.63) is 23.8 Å². The molecule has 0 aliphatic carbocycles. The summed E-state index contributed by atoms with van der Waals surface area (Å²) in [6, 6.07) is 5.78. The highest BCUT2D eigenvalue weighted by Crippen LogP contribution is 2.36. The summed E-state index contributed by atoms with van der Waals surface area (Å²) < 4.78 is 16.2. The topological polar surface area (TPSA) is 56.8 Å². The number of hydrogen-bond acceptors (Lipinski definition) is 4. The molecule has 2 aliphatic heterocycles. The SMILES string of the molecule is COc1cccc2c1OC[C@H](C(=O)NCC1(C)COC1)C2. The molecule has 1 N–H and O–H groups in total. The average molecular weight is 291 g/mol. The van der Waals surface area contributed by atoms with Crippen LogP contribution in [0.1, 0.15) is 12.5 Å². The molecule has 1 aromatic carbocycles. The van der Waals surface area contributed by atoms with Gasteiger partial charge in [0.2, 0.25) is 5.91 Å².